The van der Waals surface area contributed by atoms with Crippen molar-refractivity contribution in [2.24, 2.45) is 0 Å². The minimum atomic E-state index is -0.280. The highest BCUT2D eigenvalue weighted by atomic mass is 79.9. The van der Waals surface area contributed by atoms with E-state index in [1.165, 1.54) is 0 Å². The zero-order chi connectivity index (χ0) is 15.7. The highest BCUT2D eigenvalue weighted by molar-refractivity contribution is 9.10. The van der Waals surface area contributed by atoms with Gasteiger partial charge in [-0.15, -0.1) is 0 Å². The van der Waals surface area contributed by atoms with E-state index in [4.69, 9.17) is 12.2 Å². The lowest BCUT2D eigenvalue weighted by atomic mass is 10.1. The molecule has 7 heteroatoms. The van der Waals surface area contributed by atoms with Crippen molar-refractivity contribution in [3.63, 3.8) is 0 Å². The molecule has 5 nitrogen and oxygen atoms in total. The van der Waals surface area contributed by atoms with Gasteiger partial charge in [-0.25, -0.2) is 0 Å². The molecular formula is C15H10BrN3O2S. The Hall–Kier alpha value is -2.25. The molecule has 0 saturated carbocycles. The molecule has 3 aromatic rings. The molecule has 110 valence electrons. The maximum absolute atomic E-state index is 12.3. The lowest BCUT2D eigenvalue weighted by Crippen LogP contribution is -2.13. The number of aromatic nitrogens is 2. The molecule has 1 heterocycles. The van der Waals surface area contributed by atoms with Gasteiger partial charge in [0.05, 0.1) is 10.9 Å². The number of benzene rings is 2. The quantitative estimate of drug-likeness (QED) is 0.598. The number of amides is 1. The molecule has 0 aliphatic heterocycles. The van der Waals surface area contributed by atoms with Crippen molar-refractivity contribution >= 4 is 50.6 Å². The van der Waals surface area contributed by atoms with Gasteiger partial charge in [-0.1, -0.05) is 22.0 Å². The van der Waals surface area contributed by atoms with Gasteiger partial charge in [0.2, 0.25) is 0 Å². The van der Waals surface area contributed by atoms with E-state index in [9.17, 15) is 9.59 Å². The molecular weight excluding hydrogens is 366 g/mol. The van der Waals surface area contributed by atoms with Gasteiger partial charge in [0.25, 0.3) is 11.5 Å². The Morgan fingerprint density at radius 1 is 1.14 bits per heavy atom. The van der Waals surface area contributed by atoms with Crippen LogP contribution in [-0.4, -0.2) is 15.9 Å². The first-order chi connectivity index (χ1) is 10.5. The Morgan fingerprint density at radius 2 is 1.95 bits per heavy atom. The van der Waals surface area contributed by atoms with E-state index >= 15 is 0 Å². The van der Waals surface area contributed by atoms with E-state index in [-0.39, 0.29) is 16.2 Å². The van der Waals surface area contributed by atoms with Crippen LogP contribution < -0.4 is 10.9 Å². The van der Waals surface area contributed by atoms with Gasteiger partial charge < -0.3 is 10.3 Å². The van der Waals surface area contributed by atoms with Crippen LogP contribution in [0.2, 0.25) is 0 Å². The molecule has 0 aliphatic rings. The Kier molecular flexibility index (Phi) is 3.91. The molecule has 0 bridgehead atoms. The summed E-state index contributed by atoms with van der Waals surface area (Å²) in [6.45, 7) is 0. The van der Waals surface area contributed by atoms with Crippen molar-refractivity contribution in [3.05, 3.63) is 67.6 Å². The van der Waals surface area contributed by atoms with Gasteiger partial charge in [-0.2, -0.15) is 0 Å². The molecule has 2 aromatic carbocycles. The maximum Gasteiger partial charge on any atom is 0.259 e. The number of aromatic amines is 2. The number of rotatable bonds is 2. The van der Waals surface area contributed by atoms with Gasteiger partial charge in [-0.3, -0.25) is 14.6 Å². The number of carbonyl (C=O) groups excluding carboxylic acids is 1. The summed E-state index contributed by atoms with van der Waals surface area (Å²) in [5.41, 5.74) is 1.36. The summed E-state index contributed by atoms with van der Waals surface area (Å²) < 4.78 is 1.10. The molecule has 0 spiro atoms. The second kappa shape index (κ2) is 5.86. The van der Waals surface area contributed by atoms with Crippen LogP contribution in [0.4, 0.5) is 5.69 Å². The van der Waals surface area contributed by atoms with Crippen molar-refractivity contribution in [1.29, 1.82) is 0 Å². The summed E-state index contributed by atoms with van der Waals surface area (Å²) in [5, 5.41) is 3.25. The summed E-state index contributed by atoms with van der Waals surface area (Å²) >= 11 is 8.29. The van der Waals surface area contributed by atoms with Crippen LogP contribution in [0.25, 0.3) is 10.9 Å². The molecule has 0 unspecified atom stereocenters. The fraction of sp³-hybridized carbons (Fsp3) is 0. The molecule has 0 atom stereocenters. The molecule has 1 amide bonds. The van der Waals surface area contributed by atoms with E-state index in [1.54, 1.807) is 30.3 Å². The summed E-state index contributed by atoms with van der Waals surface area (Å²) in [5.74, 6) is -0.264. The summed E-state index contributed by atoms with van der Waals surface area (Å²) in [4.78, 5) is 29.4. The van der Waals surface area contributed by atoms with Crippen LogP contribution in [-0.2, 0) is 0 Å². The third-order valence-electron chi connectivity index (χ3n) is 3.08. The van der Waals surface area contributed by atoms with Crippen LogP contribution in [0.5, 0.6) is 0 Å². The Labute approximate surface area is 138 Å². The van der Waals surface area contributed by atoms with Crippen molar-refractivity contribution in [3.8, 4) is 0 Å². The number of halogens is 1. The Bertz CT molecular complexity index is 994. The third kappa shape index (κ3) is 3.00. The SMILES string of the molecule is O=C(Nc1cccc(Br)c1)c1ccc2c(=O)[nH]c(=S)[nH]c2c1. The Morgan fingerprint density at radius 3 is 2.73 bits per heavy atom. The number of fused-ring (bicyclic) bond motifs is 1. The highest BCUT2D eigenvalue weighted by Gasteiger charge is 2.08. The van der Waals surface area contributed by atoms with Gasteiger partial charge in [-0.05, 0) is 48.6 Å². The topological polar surface area (TPSA) is 77.8 Å². The van der Waals surface area contributed by atoms with Crippen molar-refractivity contribution in [2.75, 3.05) is 5.32 Å². The van der Waals surface area contributed by atoms with E-state index < -0.39 is 0 Å². The van der Waals surface area contributed by atoms with Crippen molar-refractivity contribution in [1.82, 2.24) is 9.97 Å². The van der Waals surface area contributed by atoms with Gasteiger partial charge in [0.15, 0.2) is 4.77 Å². The molecule has 0 saturated heterocycles. The fourth-order valence-electron chi connectivity index (χ4n) is 2.08. The Balaban J connectivity index is 1.98. The number of anilines is 1. The minimum Gasteiger partial charge on any atom is -0.332 e. The second-order valence-corrected chi connectivity index (χ2v) is 5.96. The van der Waals surface area contributed by atoms with E-state index in [1.807, 2.05) is 12.1 Å². The van der Waals surface area contributed by atoms with Gasteiger partial charge in [0.1, 0.15) is 0 Å². The molecule has 22 heavy (non-hydrogen) atoms. The standard InChI is InChI=1S/C15H10BrN3O2S/c16-9-2-1-3-10(7-9)17-13(20)8-4-5-11-12(6-8)18-15(22)19-14(11)21/h1-7H,(H,17,20)(H2,18,19,21,22). The van der Waals surface area contributed by atoms with E-state index in [2.05, 4.69) is 31.2 Å². The molecule has 0 radical (unpaired) electrons. The first-order valence-corrected chi connectivity index (χ1v) is 7.56. The molecule has 0 aliphatic carbocycles. The molecule has 1 aromatic heterocycles. The summed E-state index contributed by atoms with van der Waals surface area (Å²) in [6.07, 6.45) is 0. The zero-order valence-electron chi connectivity index (χ0n) is 11.1. The average molecular weight is 376 g/mol. The van der Waals surface area contributed by atoms with Crippen molar-refractivity contribution in [2.45, 2.75) is 0 Å². The first kappa shape index (κ1) is 14.7. The molecule has 3 rings (SSSR count). The first-order valence-electron chi connectivity index (χ1n) is 6.36. The predicted octanol–water partition coefficient (Wildman–Crippen LogP) is 3.60. The normalized spacial score (nSPS) is 10.6. The third-order valence-corrected chi connectivity index (χ3v) is 3.78. The number of H-pyrrole nitrogens is 2. The number of hydrogen-bond acceptors (Lipinski definition) is 3. The fourth-order valence-corrected chi connectivity index (χ4v) is 2.68. The number of hydrogen-bond donors (Lipinski definition) is 3. The molecule has 0 fully saturated rings. The zero-order valence-corrected chi connectivity index (χ0v) is 13.5. The molecule has 3 N–H and O–H groups in total. The minimum absolute atomic E-state index is 0.224. The lowest BCUT2D eigenvalue weighted by molar-refractivity contribution is 0.102. The van der Waals surface area contributed by atoms with E-state index in [0.29, 0.717) is 22.2 Å². The van der Waals surface area contributed by atoms with Gasteiger partial charge >= 0.3 is 0 Å². The van der Waals surface area contributed by atoms with Crippen LogP contribution >= 0.6 is 28.1 Å². The van der Waals surface area contributed by atoms with Gasteiger partial charge in [0, 0.05) is 15.7 Å². The van der Waals surface area contributed by atoms with Crippen LogP contribution in [0.1, 0.15) is 10.4 Å². The van der Waals surface area contributed by atoms with Crippen LogP contribution in [0, 0.1) is 4.77 Å². The van der Waals surface area contributed by atoms with Crippen LogP contribution in [0.15, 0.2) is 51.7 Å². The summed E-state index contributed by atoms with van der Waals surface area (Å²) in [7, 11) is 0. The van der Waals surface area contributed by atoms with Crippen LogP contribution in [0.3, 0.4) is 0 Å². The predicted molar refractivity (Wildman–Crippen MR) is 91.8 cm³/mol. The lowest BCUT2D eigenvalue weighted by Gasteiger charge is -2.06. The van der Waals surface area contributed by atoms with Crippen molar-refractivity contribution < 1.29 is 4.79 Å². The monoisotopic (exact) mass is 375 g/mol. The average Bonchev–Trinajstić information content (AvgIpc) is 2.46. The summed E-state index contributed by atoms with van der Waals surface area (Å²) in [6, 6.07) is 12.1. The number of carbonyl (C=O) groups is 1. The number of nitrogens with one attached hydrogen (secondary N) is 3. The maximum atomic E-state index is 12.3. The smallest absolute Gasteiger partial charge is 0.259 e. The second-order valence-electron chi connectivity index (χ2n) is 4.63. The largest absolute Gasteiger partial charge is 0.332 e. The van der Waals surface area contributed by atoms with E-state index in [0.717, 1.165) is 4.47 Å². The highest BCUT2D eigenvalue weighted by Crippen LogP contribution is 2.17.